The van der Waals surface area contributed by atoms with Crippen LogP contribution in [-0.4, -0.2) is 25.2 Å². The van der Waals surface area contributed by atoms with Crippen molar-refractivity contribution < 1.29 is 19.1 Å². The minimum atomic E-state index is -0.534. The fourth-order valence-corrected chi connectivity index (χ4v) is 0.664. The minimum Gasteiger partial charge on any atom is -0.459 e. The fourth-order valence-electron chi connectivity index (χ4n) is 0.664. The lowest BCUT2D eigenvalue weighted by molar-refractivity contribution is -0.147. The van der Waals surface area contributed by atoms with Gasteiger partial charge in [0.05, 0.1) is 0 Å². The molecule has 0 N–H and O–H groups in total. The Bertz CT molecular complexity index is 266. The number of rotatable bonds is 6. The number of hydrogen-bond donors (Lipinski definition) is 0. The van der Waals surface area contributed by atoms with Gasteiger partial charge in [-0.05, 0) is 5.92 Å². The van der Waals surface area contributed by atoms with Gasteiger partial charge in [0, 0.05) is 11.6 Å². The highest BCUT2D eigenvalue weighted by molar-refractivity contribution is 5.88. The second-order valence-corrected chi connectivity index (χ2v) is 3.19. The summed E-state index contributed by atoms with van der Waals surface area (Å²) in [7, 11) is 0. The molecule has 0 saturated carbocycles. The third-order valence-corrected chi connectivity index (χ3v) is 1.69. The number of carbonyl (C=O) groups is 2. The maximum Gasteiger partial charge on any atom is 0.333 e. The average molecular weight is 212 g/mol. The first-order valence-corrected chi connectivity index (χ1v) is 4.64. The molecule has 0 amide bonds. The van der Waals surface area contributed by atoms with Gasteiger partial charge >= 0.3 is 11.9 Å². The predicted molar refractivity (Wildman–Crippen MR) is 56.1 cm³/mol. The van der Waals surface area contributed by atoms with E-state index in [2.05, 4.69) is 17.9 Å². The molecule has 0 saturated heterocycles. The molecule has 0 aromatic carbocycles. The van der Waals surface area contributed by atoms with Gasteiger partial charge in [0.25, 0.3) is 0 Å². The Labute approximate surface area is 89.6 Å². The van der Waals surface area contributed by atoms with E-state index < -0.39 is 11.9 Å². The Kier molecular flexibility index (Phi) is 6.09. The quantitative estimate of drug-likeness (QED) is 0.380. The van der Waals surface area contributed by atoms with Crippen LogP contribution in [0.5, 0.6) is 0 Å². The predicted octanol–water partition coefficient (Wildman–Crippen LogP) is 1.47. The number of esters is 2. The van der Waals surface area contributed by atoms with Gasteiger partial charge in [-0.15, -0.1) is 0 Å². The van der Waals surface area contributed by atoms with Crippen LogP contribution in [0.4, 0.5) is 0 Å². The van der Waals surface area contributed by atoms with Crippen molar-refractivity contribution in [1.82, 2.24) is 0 Å². The molecule has 0 aromatic heterocycles. The van der Waals surface area contributed by atoms with Crippen molar-refractivity contribution in [3.05, 3.63) is 24.8 Å². The molecule has 84 valence electrons. The Morgan fingerprint density at radius 3 is 2.27 bits per heavy atom. The van der Waals surface area contributed by atoms with Crippen molar-refractivity contribution in [2.75, 3.05) is 13.2 Å². The smallest absolute Gasteiger partial charge is 0.333 e. The van der Waals surface area contributed by atoms with Gasteiger partial charge in [-0.1, -0.05) is 27.0 Å². The van der Waals surface area contributed by atoms with E-state index in [1.54, 1.807) is 0 Å². The minimum absolute atomic E-state index is 0.0297. The van der Waals surface area contributed by atoms with E-state index in [-0.39, 0.29) is 19.1 Å². The van der Waals surface area contributed by atoms with Crippen molar-refractivity contribution >= 4 is 11.9 Å². The maximum atomic E-state index is 11.2. The van der Waals surface area contributed by atoms with Crippen molar-refractivity contribution in [2.45, 2.75) is 13.8 Å². The lowest BCUT2D eigenvalue weighted by Gasteiger charge is -2.09. The zero-order chi connectivity index (χ0) is 11.8. The third-order valence-electron chi connectivity index (χ3n) is 1.69. The summed E-state index contributed by atoms with van der Waals surface area (Å²) >= 11 is 0. The van der Waals surface area contributed by atoms with Crippen molar-refractivity contribution in [3.8, 4) is 0 Å². The summed E-state index contributed by atoms with van der Waals surface area (Å²) in [5.41, 5.74) is 0.407. The molecule has 0 heterocycles. The van der Waals surface area contributed by atoms with E-state index >= 15 is 0 Å². The third kappa shape index (κ3) is 5.67. The van der Waals surface area contributed by atoms with Crippen molar-refractivity contribution in [2.24, 2.45) is 5.92 Å². The van der Waals surface area contributed by atoms with Gasteiger partial charge in [-0.25, -0.2) is 9.59 Å². The zero-order valence-corrected chi connectivity index (χ0v) is 9.12. The van der Waals surface area contributed by atoms with E-state index in [0.717, 1.165) is 6.08 Å². The summed E-state index contributed by atoms with van der Waals surface area (Å²) in [6.45, 7) is 10.6. The molecule has 0 radical (unpaired) electrons. The lowest BCUT2D eigenvalue weighted by atomic mass is 10.1. The average Bonchev–Trinajstić information content (AvgIpc) is 2.22. The van der Waals surface area contributed by atoms with Gasteiger partial charge in [-0.3, -0.25) is 0 Å². The summed E-state index contributed by atoms with van der Waals surface area (Å²) in [6.07, 6.45) is 1.05. The number of ether oxygens (including phenoxy) is 2. The number of hydrogen-bond acceptors (Lipinski definition) is 4. The van der Waals surface area contributed by atoms with Crippen molar-refractivity contribution in [3.63, 3.8) is 0 Å². The van der Waals surface area contributed by atoms with Crippen LogP contribution >= 0.6 is 0 Å². The molecule has 4 nitrogen and oxygen atoms in total. The van der Waals surface area contributed by atoms with Crippen LogP contribution in [-0.2, 0) is 19.1 Å². The Hall–Kier alpha value is -1.58. The second kappa shape index (κ2) is 6.81. The first-order valence-electron chi connectivity index (χ1n) is 4.64. The zero-order valence-electron chi connectivity index (χ0n) is 9.12. The van der Waals surface area contributed by atoms with E-state index in [4.69, 9.17) is 4.74 Å². The molecule has 0 atom stereocenters. The SMILES string of the molecule is C=CC(=O)OCCOC(=O)C(=C)C(C)C. The topological polar surface area (TPSA) is 52.6 Å². The van der Waals surface area contributed by atoms with Crippen LogP contribution in [0.1, 0.15) is 13.8 Å². The second-order valence-electron chi connectivity index (χ2n) is 3.19. The van der Waals surface area contributed by atoms with Gasteiger partial charge < -0.3 is 9.47 Å². The molecular weight excluding hydrogens is 196 g/mol. The van der Waals surface area contributed by atoms with Crippen molar-refractivity contribution in [1.29, 1.82) is 0 Å². The first-order chi connectivity index (χ1) is 6.99. The van der Waals surface area contributed by atoms with E-state index in [1.807, 2.05) is 13.8 Å². The fraction of sp³-hybridized carbons (Fsp3) is 0.455. The van der Waals surface area contributed by atoms with Crippen LogP contribution in [0.2, 0.25) is 0 Å². The molecule has 4 heteroatoms. The molecule has 0 aliphatic rings. The van der Waals surface area contributed by atoms with E-state index in [0.29, 0.717) is 5.57 Å². The number of carbonyl (C=O) groups excluding carboxylic acids is 2. The Morgan fingerprint density at radius 2 is 1.80 bits per heavy atom. The molecule has 0 unspecified atom stereocenters. The van der Waals surface area contributed by atoms with Gasteiger partial charge in [0.15, 0.2) is 0 Å². The van der Waals surface area contributed by atoms with Crippen LogP contribution in [0, 0.1) is 5.92 Å². The first kappa shape index (κ1) is 13.4. The molecule has 0 spiro atoms. The van der Waals surface area contributed by atoms with E-state index in [9.17, 15) is 9.59 Å². The highest BCUT2D eigenvalue weighted by Crippen LogP contribution is 2.07. The van der Waals surface area contributed by atoms with Crippen LogP contribution < -0.4 is 0 Å². The standard InChI is InChI=1S/C11H16O4/c1-5-10(12)14-6-7-15-11(13)9(4)8(2)3/h5,8H,1,4,6-7H2,2-3H3. The molecular formula is C11H16O4. The highest BCUT2D eigenvalue weighted by Gasteiger charge is 2.11. The summed E-state index contributed by atoms with van der Waals surface area (Å²) in [4.78, 5) is 21.8. The lowest BCUT2D eigenvalue weighted by Crippen LogP contribution is -2.15. The molecule has 0 aliphatic heterocycles. The van der Waals surface area contributed by atoms with Gasteiger partial charge in [-0.2, -0.15) is 0 Å². The summed E-state index contributed by atoms with van der Waals surface area (Å²) in [5.74, 6) is -0.943. The van der Waals surface area contributed by atoms with Crippen LogP contribution in [0.15, 0.2) is 24.8 Å². The molecule has 0 bridgehead atoms. The largest absolute Gasteiger partial charge is 0.459 e. The molecule has 0 aliphatic carbocycles. The molecule has 15 heavy (non-hydrogen) atoms. The normalized spacial score (nSPS) is 9.53. The van der Waals surface area contributed by atoms with Crippen LogP contribution in [0.25, 0.3) is 0 Å². The summed E-state index contributed by atoms with van der Waals surface area (Å²) < 4.78 is 9.43. The van der Waals surface area contributed by atoms with Gasteiger partial charge in [0.1, 0.15) is 13.2 Å². The summed E-state index contributed by atoms with van der Waals surface area (Å²) in [6, 6.07) is 0. The monoisotopic (exact) mass is 212 g/mol. The maximum absolute atomic E-state index is 11.2. The van der Waals surface area contributed by atoms with E-state index in [1.165, 1.54) is 0 Å². The Morgan fingerprint density at radius 1 is 1.27 bits per heavy atom. The summed E-state index contributed by atoms with van der Waals surface area (Å²) in [5, 5.41) is 0. The van der Waals surface area contributed by atoms with Gasteiger partial charge in [0.2, 0.25) is 0 Å². The Balaban J connectivity index is 3.69. The molecule has 0 fully saturated rings. The highest BCUT2D eigenvalue weighted by atomic mass is 16.6. The molecule has 0 aromatic rings. The molecule has 0 rings (SSSR count). The van der Waals surface area contributed by atoms with Crippen LogP contribution in [0.3, 0.4) is 0 Å².